The number of benzene rings is 4. The number of rotatable bonds is 14. The lowest BCUT2D eigenvalue weighted by Gasteiger charge is -2.48. The van der Waals surface area contributed by atoms with Crippen LogP contribution in [0.4, 0.5) is 0 Å². The van der Waals surface area contributed by atoms with Crippen LogP contribution in [-0.2, 0) is 20.8 Å². The summed E-state index contributed by atoms with van der Waals surface area (Å²) in [4.78, 5) is 30.6. The molecule has 0 radical (unpaired) electrons. The fourth-order valence-electron chi connectivity index (χ4n) is 8.53. The Morgan fingerprint density at radius 2 is 0.724 bits per heavy atom. The predicted molar refractivity (Wildman–Crippen MR) is 226 cm³/mol. The molecule has 10 heteroatoms. The largest absolute Gasteiger partial charge is 0.497 e. The van der Waals surface area contributed by atoms with E-state index in [-0.39, 0.29) is 0 Å². The molecule has 0 spiro atoms. The summed E-state index contributed by atoms with van der Waals surface area (Å²) in [6, 6.07) is 26.8. The summed E-state index contributed by atoms with van der Waals surface area (Å²) < 4.78 is 21.8. The molecule has 0 aliphatic heterocycles. The van der Waals surface area contributed by atoms with E-state index in [1.807, 2.05) is 41.5 Å². The summed E-state index contributed by atoms with van der Waals surface area (Å²) in [6.07, 6.45) is 2.78. The van der Waals surface area contributed by atoms with Gasteiger partial charge in [-0.15, -0.1) is 0 Å². The molecule has 4 aromatic carbocycles. The smallest absolute Gasteiger partial charge is 0.236 e. The number of ether oxygens (including phenoxy) is 4. The molecule has 1 aliphatic carbocycles. The van der Waals surface area contributed by atoms with Crippen LogP contribution >= 0.6 is 0 Å². The van der Waals surface area contributed by atoms with Crippen molar-refractivity contribution in [2.45, 2.75) is 96.9 Å². The van der Waals surface area contributed by atoms with Gasteiger partial charge in [-0.2, -0.15) is 0 Å². The first-order chi connectivity index (χ1) is 27.4. The molecule has 0 aromatic heterocycles. The second kappa shape index (κ2) is 17.4. The molecule has 5 rings (SSSR count). The summed E-state index contributed by atoms with van der Waals surface area (Å²) in [5.41, 5.74) is -4.31. The molecular weight excluding hydrogens is 733 g/mol. The van der Waals surface area contributed by atoms with Gasteiger partial charge in [-0.05, 0) is 94.5 Å². The van der Waals surface area contributed by atoms with E-state index in [4.69, 9.17) is 18.9 Å². The van der Waals surface area contributed by atoms with Crippen LogP contribution in [0.25, 0.3) is 0 Å². The van der Waals surface area contributed by atoms with Gasteiger partial charge in [0, 0.05) is 0 Å². The van der Waals surface area contributed by atoms with Crippen LogP contribution in [0, 0.1) is 16.2 Å². The lowest BCUT2D eigenvalue weighted by atomic mass is 9.67. The third-order valence-electron chi connectivity index (χ3n) is 11.8. The van der Waals surface area contributed by atoms with Crippen molar-refractivity contribution in [1.82, 2.24) is 10.6 Å². The van der Waals surface area contributed by atoms with E-state index in [2.05, 4.69) is 10.6 Å². The Morgan fingerprint density at radius 3 is 0.931 bits per heavy atom. The van der Waals surface area contributed by atoms with Gasteiger partial charge in [0.05, 0.1) is 40.5 Å². The topological polar surface area (TPSA) is 136 Å². The lowest BCUT2D eigenvalue weighted by molar-refractivity contribution is -0.151. The fraction of sp³-hybridized carbons (Fsp3) is 0.458. The molecule has 4 aromatic rings. The van der Waals surface area contributed by atoms with E-state index in [0.717, 1.165) is 6.42 Å². The van der Waals surface area contributed by atoms with Crippen LogP contribution < -0.4 is 29.6 Å². The Morgan fingerprint density at radius 1 is 0.483 bits per heavy atom. The van der Waals surface area contributed by atoms with E-state index in [1.54, 1.807) is 126 Å². The van der Waals surface area contributed by atoms with Crippen molar-refractivity contribution < 1.29 is 38.7 Å². The van der Waals surface area contributed by atoms with E-state index in [9.17, 15) is 10.2 Å². The highest BCUT2D eigenvalue weighted by Crippen LogP contribution is 2.46. The maximum Gasteiger partial charge on any atom is 0.236 e. The molecule has 0 unspecified atom stereocenters. The van der Waals surface area contributed by atoms with E-state index in [0.29, 0.717) is 70.9 Å². The predicted octanol–water partition coefficient (Wildman–Crippen LogP) is 7.91. The maximum absolute atomic E-state index is 15.3. The molecule has 0 bridgehead atoms. The van der Waals surface area contributed by atoms with Gasteiger partial charge in [0.2, 0.25) is 11.8 Å². The SMILES string of the molecule is COc1ccc(C(O)(c2ccc(OC)cc2)[C@H](NC(=O)C2(C(=O)N[C@H](C(C)(C)C)C(O)(c3ccc(OC)cc3)c3ccc(OC)cc3)CCCCC2)C(C)(C)C)cc1. The highest BCUT2D eigenvalue weighted by atomic mass is 16.5. The second-order valence-corrected chi connectivity index (χ2v) is 17.6. The number of carbonyl (C=O) groups excluding carboxylic acids is 2. The van der Waals surface area contributed by atoms with Crippen molar-refractivity contribution in [3.05, 3.63) is 119 Å². The van der Waals surface area contributed by atoms with Crippen molar-refractivity contribution in [2.75, 3.05) is 28.4 Å². The molecule has 0 saturated heterocycles. The number of methoxy groups -OCH3 is 4. The van der Waals surface area contributed by atoms with Crippen LogP contribution in [0.1, 0.15) is 95.9 Å². The Balaban J connectivity index is 1.62. The molecule has 0 heterocycles. The number of hydrogen-bond donors (Lipinski definition) is 4. The molecule has 10 nitrogen and oxygen atoms in total. The minimum atomic E-state index is -1.75. The van der Waals surface area contributed by atoms with Crippen molar-refractivity contribution >= 4 is 11.8 Å². The highest BCUT2D eigenvalue weighted by molar-refractivity contribution is 6.05. The average molecular weight is 795 g/mol. The Kier molecular flexibility index (Phi) is 13.2. The third kappa shape index (κ3) is 8.69. The van der Waals surface area contributed by atoms with E-state index < -0.39 is 51.3 Å². The van der Waals surface area contributed by atoms with Crippen LogP contribution in [0.3, 0.4) is 0 Å². The average Bonchev–Trinajstić information content (AvgIpc) is 3.23. The number of hydrogen-bond acceptors (Lipinski definition) is 8. The normalized spacial score (nSPS) is 15.7. The zero-order chi connectivity index (χ0) is 42.5. The number of aliphatic hydroxyl groups is 2. The van der Waals surface area contributed by atoms with Gasteiger partial charge in [-0.3, -0.25) is 9.59 Å². The van der Waals surface area contributed by atoms with Crippen LogP contribution in [0.5, 0.6) is 23.0 Å². The number of carbonyl (C=O) groups is 2. The molecule has 312 valence electrons. The number of nitrogens with one attached hydrogen (secondary N) is 2. The van der Waals surface area contributed by atoms with Gasteiger partial charge in [0.1, 0.15) is 39.6 Å². The van der Waals surface area contributed by atoms with Gasteiger partial charge >= 0.3 is 0 Å². The third-order valence-corrected chi connectivity index (χ3v) is 11.8. The van der Waals surface area contributed by atoms with E-state index in [1.165, 1.54) is 0 Å². The molecule has 4 N–H and O–H groups in total. The van der Waals surface area contributed by atoms with Crippen LogP contribution in [-0.4, -0.2) is 62.6 Å². The standard InChI is InChI=1S/C48H62N2O8/c1-44(2,3)40(47(53,32-14-22-36(55-7)23-15-32)33-16-24-37(56-8)25-17-33)49-42(51)46(30-12-11-13-31-46)43(52)50-41(45(4,5)6)48(54,34-18-26-38(57-9)27-19-34)35-20-28-39(58-10)29-21-35/h14-29,40-41,53-54H,11-13,30-31H2,1-10H3,(H,49,51)(H,50,52)/t40-,41-/m1/s1. The Bertz CT molecular complexity index is 1740. The minimum Gasteiger partial charge on any atom is -0.497 e. The fourth-order valence-corrected chi connectivity index (χ4v) is 8.53. The molecule has 2 atom stereocenters. The second-order valence-electron chi connectivity index (χ2n) is 17.6. The first-order valence-electron chi connectivity index (χ1n) is 20.0. The van der Waals surface area contributed by atoms with Crippen LogP contribution in [0.15, 0.2) is 97.1 Å². The maximum atomic E-state index is 15.3. The van der Waals surface area contributed by atoms with Gasteiger partial charge in [-0.1, -0.05) is 109 Å². The summed E-state index contributed by atoms with van der Waals surface area (Å²) >= 11 is 0. The molecule has 1 fully saturated rings. The van der Waals surface area contributed by atoms with Crippen LogP contribution in [0.2, 0.25) is 0 Å². The molecule has 1 aliphatic rings. The Hall–Kier alpha value is -5.06. The summed E-state index contributed by atoms with van der Waals surface area (Å²) in [6.45, 7) is 11.8. The van der Waals surface area contributed by atoms with Crippen molar-refractivity contribution in [1.29, 1.82) is 0 Å². The summed E-state index contributed by atoms with van der Waals surface area (Å²) in [5.74, 6) is 1.52. The summed E-state index contributed by atoms with van der Waals surface area (Å²) in [7, 11) is 6.32. The summed E-state index contributed by atoms with van der Waals surface area (Å²) in [5, 5.41) is 32.9. The van der Waals surface area contributed by atoms with Gasteiger partial charge in [-0.25, -0.2) is 0 Å². The van der Waals surface area contributed by atoms with Crippen molar-refractivity contribution in [3.63, 3.8) is 0 Å². The molecular formula is C48H62N2O8. The minimum absolute atomic E-state index is 0.297. The van der Waals surface area contributed by atoms with Crippen molar-refractivity contribution in [2.24, 2.45) is 16.2 Å². The van der Waals surface area contributed by atoms with Gasteiger partial charge < -0.3 is 39.8 Å². The highest BCUT2D eigenvalue weighted by Gasteiger charge is 2.55. The lowest BCUT2D eigenvalue weighted by Crippen LogP contribution is -2.65. The molecule has 2 amide bonds. The quantitative estimate of drug-likeness (QED) is 0.0947. The Labute approximate surface area is 344 Å². The first kappa shape index (κ1) is 44.1. The number of amides is 2. The van der Waals surface area contributed by atoms with Crippen molar-refractivity contribution in [3.8, 4) is 23.0 Å². The molecule has 58 heavy (non-hydrogen) atoms. The van der Waals surface area contributed by atoms with Gasteiger partial charge in [0.15, 0.2) is 0 Å². The van der Waals surface area contributed by atoms with E-state index >= 15 is 9.59 Å². The van der Waals surface area contributed by atoms with Gasteiger partial charge in [0.25, 0.3) is 0 Å². The first-order valence-corrected chi connectivity index (χ1v) is 20.0. The monoisotopic (exact) mass is 794 g/mol. The zero-order valence-corrected chi connectivity index (χ0v) is 35.8. The molecule has 1 saturated carbocycles. The zero-order valence-electron chi connectivity index (χ0n) is 35.8.